The van der Waals surface area contributed by atoms with Crippen molar-refractivity contribution in [3.8, 4) is 11.8 Å². The normalized spacial score (nSPS) is 14.1. The molecule has 3 rings (SSSR count). The number of nitrogens with zero attached hydrogens (tertiary/aromatic N) is 1. The molecule has 146 valence electrons. The average Bonchev–Trinajstić information content (AvgIpc) is 2.73. The highest BCUT2D eigenvalue weighted by Gasteiger charge is 2.14. The zero-order chi connectivity index (χ0) is 19.6. The quantitative estimate of drug-likeness (QED) is 0.710. The molecule has 0 bridgehead atoms. The molecule has 28 heavy (non-hydrogen) atoms. The summed E-state index contributed by atoms with van der Waals surface area (Å²) in [4.78, 5) is 12.2. The predicted octanol–water partition coefficient (Wildman–Crippen LogP) is 5.03. The van der Waals surface area contributed by atoms with Crippen LogP contribution in [0.4, 0.5) is 10.5 Å². The van der Waals surface area contributed by atoms with Gasteiger partial charge in [-0.1, -0.05) is 43.5 Å². The Kier molecular flexibility index (Phi) is 7.31. The lowest BCUT2D eigenvalue weighted by Gasteiger charge is -2.21. The molecule has 0 spiro atoms. The SMILES string of the molecule is N#CCc1ccc(OCc2cccc(NC(=O)NCC3CCCCC3)c2)cc1. The molecule has 0 unspecified atom stereocenters. The van der Waals surface area contributed by atoms with Crippen molar-refractivity contribution in [1.82, 2.24) is 5.32 Å². The summed E-state index contributed by atoms with van der Waals surface area (Å²) >= 11 is 0. The van der Waals surface area contributed by atoms with Crippen LogP contribution in [0.25, 0.3) is 0 Å². The van der Waals surface area contributed by atoms with Gasteiger partial charge in [0.1, 0.15) is 12.4 Å². The third kappa shape index (κ3) is 6.31. The first kappa shape index (κ1) is 19.8. The first-order valence-corrected chi connectivity index (χ1v) is 9.95. The molecule has 5 heteroatoms. The lowest BCUT2D eigenvalue weighted by Crippen LogP contribution is -2.33. The average molecular weight is 377 g/mol. The van der Waals surface area contributed by atoms with E-state index in [9.17, 15) is 4.79 Å². The van der Waals surface area contributed by atoms with Crippen molar-refractivity contribution in [2.45, 2.75) is 45.1 Å². The monoisotopic (exact) mass is 377 g/mol. The molecule has 0 radical (unpaired) electrons. The summed E-state index contributed by atoms with van der Waals surface area (Å²) in [5.41, 5.74) is 2.71. The van der Waals surface area contributed by atoms with Gasteiger partial charge in [-0.25, -0.2) is 4.79 Å². The second-order valence-electron chi connectivity index (χ2n) is 7.31. The molecule has 0 atom stereocenters. The van der Waals surface area contributed by atoms with E-state index in [0.29, 0.717) is 18.9 Å². The highest BCUT2D eigenvalue weighted by molar-refractivity contribution is 5.89. The van der Waals surface area contributed by atoms with E-state index in [4.69, 9.17) is 10.00 Å². The van der Waals surface area contributed by atoms with Crippen molar-refractivity contribution in [2.75, 3.05) is 11.9 Å². The number of carbonyl (C=O) groups excluding carboxylic acids is 1. The molecule has 1 aliphatic rings. The van der Waals surface area contributed by atoms with E-state index in [1.54, 1.807) is 0 Å². The van der Waals surface area contributed by atoms with Gasteiger partial charge in [-0.2, -0.15) is 5.26 Å². The minimum Gasteiger partial charge on any atom is -0.489 e. The fourth-order valence-corrected chi connectivity index (χ4v) is 3.50. The minimum absolute atomic E-state index is 0.156. The number of hydrogen-bond donors (Lipinski definition) is 2. The van der Waals surface area contributed by atoms with E-state index in [0.717, 1.165) is 29.1 Å². The first-order valence-electron chi connectivity index (χ1n) is 9.95. The van der Waals surface area contributed by atoms with Gasteiger partial charge in [0.25, 0.3) is 0 Å². The first-order chi connectivity index (χ1) is 13.7. The number of benzene rings is 2. The Bertz CT molecular complexity index is 805. The summed E-state index contributed by atoms with van der Waals surface area (Å²) in [6, 6.07) is 17.2. The molecule has 1 saturated carbocycles. The van der Waals surface area contributed by atoms with Crippen LogP contribution in [0, 0.1) is 17.2 Å². The Balaban J connectivity index is 1.46. The maximum absolute atomic E-state index is 12.2. The summed E-state index contributed by atoms with van der Waals surface area (Å²) in [7, 11) is 0. The Hall–Kier alpha value is -3.00. The molecule has 0 aromatic heterocycles. The van der Waals surface area contributed by atoms with Crippen LogP contribution in [-0.2, 0) is 13.0 Å². The van der Waals surface area contributed by atoms with E-state index in [-0.39, 0.29) is 6.03 Å². The number of urea groups is 1. The zero-order valence-corrected chi connectivity index (χ0v) is 16.1. The van der Waals surface area contributed by atoms with Gasteiger partial charge >= 0.3 is 6.03 Å². The number of amides is 2. The van der Waals surface area contributed by atoms with Gasteiger partial charge in [-0.15, -0.1) is 0 Å². The molecule has 5 nitrogen and oxygen atoms in total. The van der Waals surface area contributed by atoms with Crippen LogP contribution in [0.3, 0.4) is 0 Å². The number of nitrogens with one attached hydrogen (secondary N) is 2. The second-order valence-corrected chi connectivity index (χ2v) is 7.31. The number of ether oxygens (including phenoxy) is 1. The summed E-state index contributed by atoms with van der Waals surface area (Å²) in [6.07, 6.45) is 6.70. The highest BCUT2D eigenvalue weighted by Crippen LogP contribution is 2.22. The maximum atomic E-state index is 12.2. The van der Waals surface area contributed by atoms with Crippen molar-refractivity contribution in [1.29, 1.82) is 5.26 Å². The number of hydrogen-bond acceptors (Lipinski definition) is 3. The molecule has 2 aromatic carbocycles. The fraction of sp³-hybridized carbons (Fsp3) is 0.391. The number of anilines is 1. The largest absolute Gasteiger partial charge is 0.489 e. The Labute approximate surface area is 166 Å². The molecule has 2 amide bonds. The topological polar surface area (TPSA) is 74.1 Å². The van der Waals surface area contributed by atoms with Gasteiger partial charge in [0, 0.05) is 12.2 Å². The standard InChI is InChI=1S/C23H27N3O2/c24-14-13-18-9-11-22(12-10-18)28-17-20-7-4-8-21(15-20)26-23(27)25-16-19-5-2-1-3-6-19/h4,7-12,15,19H,1-3,5-6,13,16-17H2,(H2,25,26,27). The third-order valence-corrected chi connectivity index (χ3v) is 5.07. The molecule has 0 saturated heterocycles. The van der Waals surface area contributed by atoms with Crippen molar-refractivity contribution in [3.05, 3.63) is 59.7 Å². The smallest absolute Gasteiger partial charge is 0.319 e. The van der Waals surface area contributed by atoms with Crippen LogP contribution >= 0.6 is 0 Å². The van der Waals surface area contributed by atoms with E-state index < -0.39 is 0 Å². The number of carbonyl (C=O) groups is 1. The summed E-state index contributed by atoms with van der Waals surface area (Å²) in [5, 5.41) is 14.6. The predicted molar refractivity (Wildman–Crippen MR) is 110 cm³/mol. The number of nitriles is 1. The summed E-state index contributed by atoms with van der Waals surface area (Å²) in [6.45, 7) is 1.16. The van der Waals surface area contributed by atoms with Crippen LogP contribution in [0.5, 0.6) is 5.75 Å². The van der Waals surface area contributed by atoms with Crippen LogP contribution in [0.1, 0.15) is 43.2 Å². The Morgan fingerprint density at radius 2 is 1.86 bits per heavy atom. The van der Waals surface area contributed by atoms with Gasteiger partial charge in [-0.05, 0) is 54.2 Å². The van der Waals surface area contributed by atoms with Crippen molar-refractivity contribution in [3.63, 3.8) is 0 Å². The van der Waals surface area contributed by atoms with E-state index in [1.165, 1.54) is 32.1 Å². The highest BCUT2D eigenvalue weighted by atomic mass is 16.5. The van der Waals surface area contributed by atoms with Crippen LogP contribution in [0.2, 0.25) is 0 Å². The molecule has 2 aromatic rings. The molecule has 0 aliphatic heterocycles. The van der Waals surface area contributed by atoms with Crippen LogP contribution in [-0.4, -0.2) is 12.6 Å². The lowest BCUT2D eigenvalue weighted by atomic mass is 9.89. The van der Waals surface area contributed by atoms with E-state index >= 15 is 0 Å². The van der Waals surface area contributed by atoms with Gasteiger partial charge in [0.2, 0.25) is 0 Å². The van der Waals surface area contributed by atoms with Gasteiger partial charge in [0.15, 0.2) is 0 Å². The summed E-state index contributed by atoms with van der Waals surface area (Å²) < 4.78 is 5.80. The molecule has 1 aliphatic carbocycles. The van der Waals surface area contributed by atoms with Gasteiger partial charge in [-0.3, -0.25) is 0 Å². The zero-order valence-electron chi connectivity index (χ0n) is 16.1. The van der Waals surface area contributed by atoms with Crippen LogP contribution in [0.15, 0.2) is 48.5 Å². The second kappa shape index (κ2) is 10.4. The summed E-state index contributed by atoms with van der Waals surface area (Å²) in [5.74, 6) is 1.36. The Morgan fingerprint density at radius 3 is 2.61 bits per heavy atom. The molecule has 2 N–H and O–H groups in total. The molecule has 1 fully saturated rings. The van der Waals surface area contributed by atoms with E-state index in [2.05, 4.69) is 16.7 Å². The van der Waals surface area contributed by atoms with Gasteiger partial charge in [0.05, 0.1) is 12.5 Å². The molecular formula is C23H27N3O2. The van der Waals surface area contributed by atoms with Gasteiger partial charge < -0.3 is 15.4 Å². The lowest BCUT2D eigenvalue weighted by molar-refractivity contribution is 0.247. The maximum Gasteiger partial charge on any atom is 0.319 e. The van der Waals surface area contributed by atoms with Crippen molar-refractivity contribution in [2.24, 2.45) is 5.92 Å². The van der Waals surface area contributed by atoms with Crippen molar-refractivity contribution < 1.29 is 9.53 Å². The van der Waals surface area contributed by atoms with Crippen molar-refractivity contribution >= 4 is 11.7 Å². The number of rotatable bonds is 7. The van der Waals surface area contributed by atoms with Crippen LogP contribution < -0.4 is 15.4 Å². The molecular weight excluding hydrogens is 350 g/mol. The van der Waals surface area contributed by atoms with E-state index in [1.807, 2.05) is 48.5 Å². The Morgan fingerprint density at radius 1 is 1.07 bits per heavy atom. The minimum atomic E-state index is -0.156. The fourth-order valence-electron chi connectivity index (χ4n) is 3.50. The molecule has 0 heterocycles. The third-order valence-electron chi connectivity index (χ3n) is 5.07.